The lowest BCUT2D eigenvalue weighted by Crippen LogP contribution is -2.18. The predicted molar refractivity (Wildman–Crippen MR) is 88.2 cm³/mol. The van der Waals surface area contributed by atoms with E-state index in [9.17, 15) is 0 Å². The van der Waals surface area contributed by atoms with Crippen molar-refractivity contribution >= 4 is 5.69 Å². The van der Waals surface area contributed by atoms with E-state index < -0.39 is 0 Å². The summed E-state index contributed by atoms with van der Waals surface area (Å²) in [6.07, 6.45) is 2.49. The highest BCUT2D eigenvalue weighted by Gasteiger charge is 2.19. The quantitative estimate of drug-likeness (QED) is 0.883. The highest BCUT2D eigenvalue weighted by Crippen LogP contribution is 2.34. The van der Waals surface area contributed by atoms with Crippen molar-refractivity contribution in [2.45, 2.75) is 38.7 Å². The topological polar surface area (TPSA) is 21.3 Å². The van der Waals surface area contributed by atoms with Gasteiger partial charge in [-0.25, -0.2) is 0 Å². The van der Waals surface area contributed by atoms with E-state index in [0.29, 0.717) is 5.92 Å². The van der Waals surface area contributed by atoms with Crippen molar-refractivity contribution in [3.05, 3.63) is 59.7 Å². The first-order valence-corrected chi connectivity index (χ1v) is 7.81. The fraction of sp³-hybridized carbons (Fsp3) is 0.368. The maximum atomic E-state index is 5.80. The third-order valence-corrected chi connectivity index (χ3v) is 3.96. The van der Waals surface area contributed by atoms with Crippen molar-refractivity contribution in [1.82, 2.24) is 0 Å². The van der Waals surface area contributed by atoms with Crippen LogP contribution in [0.2, 0.25) is 0 Å². The van der Waals surface area contributed by atoms with Crippen LogP contribution in [0.15, 0.2) is 48.5 Å². The van der Waals surface area contributed by atoms with Crippen LogP contribution in [0.3, 0.4) is 0 Å². The molecule has 0 amide bonds. The van der Waals surface area contributed by atoms with Crippen LogP contribution in [-0.2, 0) is 6.42 Å². The van der Waals surface area contributed by atoms with E-state index >= 15 is 0 Å². The van der Waals surface area contributed by atoms with Crippen LogP contribution in [0.5, 0.6) is 5.75 Å². The Morgan fingerprint density at radius 2 is 2.00 bits per heavy atom. The summed E-state index contributed by atoms with van der Waals surface area (Å²) in [5.41, 5.74) is 4.09. The van der Waals surface area contributed by atoms with Crippen LogP contribution >= 0.6 is 0 Å². The minimum absolute atomic E-state index is 0.222. The highest BCUT2D eigenvalue weighted by atomic mass is 16.5. The summed E-state index contributed by atoms with van der Waals surface area (Å²) in [5.74, 6) is 1.57. The Morgan fingerprint density at radius 1 is 1.14 bits per heavy atom. The lowest BCUT2D eigenvalue weighted by atomic mass is 9.86. The standard InChI is InChI=1S/C19H23NO/c1-14(2)21-17-7-5-6-15(13-17)12-16-10-11-20-19-9-4-3-8-18(16)19/h3-9,13-14,16,20H,10-12H2,1-2H3. The van der Waals surface area contributed by atoms with Gasteiger partial charge in [0, 0.05) is 12.2 Å². The molecule has 1 N–H and O–H groups in total. The first-order chi connectivity index (χ1) is 10.2. The summed E-state index contributed by atoms with van der Waals surface area (Å²) in [7, 11) is 0. The number of anilines is 1. The summed E-state index contributed by atoms with van der Waals surface area (Å²) in [6, 6.07) is 17.2. The maximum Gasteiger partial charge on any atom is 0.119 e. The molecule has 1 unspecified atom stereocenters. The molecule has 1 aliphatic rings. The molecule has 0 aliphatic carbocycles. The third-order valence-electron chi connectivity index (χ3n) is 3.96. The van der Waals surface area contributed by atoms with Crippen molar-refractivity contribution in [1.29, 1.82) is 0 Å². The largest absolute Gasteiger partial charge is 0.491 e. The van der Waals surface area contributed by atoms with Gasteiger partial charge in [-0.3, -0.25) is 0 Å². The minimum atomic E-state index is 0.222. The Bertz CT molecular complexity index is 606. The molecular weight excluding hydrogens is 258 g/mol. The van der Waals surface area contributed by atoms with Gasteiger partial charge in [-0.15, -0.1) is 0 Å². The lowest BCUT2D eigenvalue weighted by molar-refractivity contribution is 0.242. The molecule has 0 radical (unpaired) electrons. The summed E-state index contributed by atoms with van der Waals surface area (Å²) in [6.45, 7) is 5.19. The zero-order valence-corrected chi connectivity index (χ0v) is 12.8. The zero-order chi connectivity index (χ0) is 14.7. The second kappa shape index (κ2) is 6.21. The van der Waals surface area contributed by atoms with Crippen molar-refractivity contribution < 1.29 is 4.74 Å². The normalized spacial score (nSPS) is 17.2. The SMILES string of the molecule is CC(C)Oc1cccc(CC2CCNc3ccccc32)c1. The molecule has 1 aliphatic heterocycles. The average Bonchev–Trinajstić information content (AvgIpc) is 2.47. The number of para-hydroxylation sites is 1. The molecule has 2 aromatic rings. The zero-order valence-electron chi connectivity index (χ0n) is 12.8. The van der Waals surface area contributed by atoms with Crippen LogP contribution in [0, 0.1) is 0 Å². The average molecular weight is 281 g/mol. The molecule has 1 heterocycles. The van der Waals surface area contributed by atoms with Crippen LogP contribution in [0.4, 0.5) is 5.69 Å². The molecule has 2 nitrogen and oxygen atoms in total. The van der Waals surface area contributed by atoms with Gasteiger partial charge in [0.2, 0.25) is 0 Å². The van der Waals surface area contributed by atoms with E-state index in [-0.39, 0.29) is 6.10 Å². The van der Waals surface area contributed by atoms with E-state index in [1.807, 2.05) is 6.07 Å². The smallest absolute Gasteiger partial charge is 0.119 e. The fourth-order valence-corrected chi connectivity index (χ4v) is 3.07. The summed E-state index contributed by atoms with van der Waals surface area (Å²) >= 11 is 0. The number of nitrogens with one attached hydrogen (secondary N) is 1. The second-order valence-electron chi connectivity index (χ2n) is 6.02. The van der Waals surface area contributed by atoms with Gasteiger partial charge in [-0.1, -0.05) is 30.3 Å². The van der Waals surface area contributed by atoms with Crippen molar-refractivity contribution in [3.63, 3.8) is 0 Å². The molecule has 1 atom stereocenters. The Morgan fingerprint density at radius 3 is 2.86 bits per heavy atom. The first-order valence-electron chi connectivity index (χ1n) is 7.81. The van der Waals surface area contributed by atoms with Gasteiger partial charge in [0.15, 0.2) is 0 Å². The molecule has 0 aromatic heterocycles. The van der Waals surface area contributed by atoms with Crippen molar-refractivity contribution in [2.24, 2.45) is 0 Å². The maximum absolute atomic E-state index is 5.80. The highest BCUT2D eigenvalue weighted by molar-refractivity contribution is 5.55. The second-order valence-corrected chi connectivity index (χ2v) is 6.02. The molecule has 110 valence electrons. The minimum Gasteiger partial charge on any atom is -0.491 e. The van der Waals surface area contributed by atoms with E-state index in [1.165, 1.54) is 23.2 Å². The van der Waals surface area contributed by atoms with E-state index in [0.717, 1.165) is 18.7 Å². The Labute approximate surface area is 127 Å². The van der Waals surface area contributed by atoms with Crippen LogP contribution < -0.4 is 10.1 Å². The molecule has 0 bridgehead atoms. The van der Waals surface area contributed by atoms with Gasteiger partial charge in [0.25, 0.3) is 0 Å². The van der Waals surface area contributed by atoms with E-state index in [1.54, 1.807) is 0 Å². The van der Waals surface area contributed by atoms with Crippen LogP contribution in [0.1, 0.15) is 37.3 Å². The summed E-state index contributed by atoms with van der Waals surface area (Å²) in [5, 5.41) is 3.49. The molecule has 21 heavy (non-hydrogen) atoms. The van der Waals surface area contributed by atoms with Gasteiger partial charge in [-0.2, -0.15) is 0 Å². The number of fused-ring (bicyclic) bond motifs is 1. The number of hydrogen-bond acceptors (Lipinski definition) is 2. The number of ether oxygens (including phenoxy) is 1. The lowest BCUT2D eigenvalue weighted by Gasteiger charge is -2.27. The van der Waals surface area contributed by atoms with Gasteiger partial charge in [-0.05, 0) is 61.9 Å². The van der Waals surface area contributed by atoms with Crippen molar-refractivity contribution in [3.8, 4) is 5.75 Å². The van der Waals surface area contributed by atoms with E-state index in [2.05, 4.69) is 61.6 Å². The Hall–Kier alpha value is -1.96. The molecule has 0 spiro atoms. The van der Waals surface area contributed by atoms with Gasteiger partial charge < -0.3 is 10.1 Å². The first kappa shape index (κ1) is 14.0. The molecule has 0 saturated carbocycles. The van der Waals surface area contributed by atoms with Gasteiger partial charge >= 0.3 is 0 Å². The molecular formula is C19H23NO. The van der Waals surface area contributed by atoms with E-state index in [4.69, 9.17) is 4.74 Å². The summed E-state index contributed by atoms with van der Waals surface area (Å²) in [4.78, 5) is 0. The van der Waals surface area contributed by atoms with Gasteiger partial charge in [0.05, 0.1) is 6.10 Å². The third kappa shape index (κ3) is 3.38. The number of rotatable bonds is 4. The predicted octanol–water partition coefficient (Wildman–Crippen LogP) is 4.62. The number of benzene rings is 2. The fourth-order valence-electron chi connectivity index (χ4n) is 3.07. The number of hydrogen-bond donors (Lipinski definition) is 1. The molecule has 0 fully saturated rings. The molecule has 2 aromatic carbocycles. The van der Waals surface area contributed by atoms with Gasteiger partial charge in [0.1, 0.15) is 5.75 Å². The molecule has 3 rings (SSSR count). The Balaban J connectivity index is 1.78. The molecule has 2 heteroatoms. The molecule has 0 saturated heterocycles. The van der Waals surface area contributed by atoms with Crippen molar-refractivity contribution in [2.75, 3.05) is 11.9 Å². The summed E-state index contributed by atoms with van der Waals surface area (Å²) < 4.78 is 5.80. The monoisotopic (exact) mass is 281 g/mol. The Kier molecular flexibility index (Phi) is 4.14. The van der Waals surface area contributed by atoms with Crippen LogP contribution in [0.25, 0.3) is 0 Å². The van der Waals surface area contributed by atoms with Crippen LogP contribution in [-0.4, -0.2) is 12.6 Å².